The van der Waals surface area contributed by atoms with Crippen molar-refractivity contribution in [1.29, 1.82) is 0 Å². The van der Waals surface area contributed by atoms with E-state index in [4.69, 9.17) is 21.1 Å². The number of benzene rings is 2. The van der Waals surface area contributed by atoms with E-state index in [1.807, 2.05) is 0 Å². The Hall–Kier alpha value is -3.01. The van der Waals surface area contributed by atoms with Crippen LogP contribution in [0.3, 0.4) is 0 Å². The maximum atomic E-state index is 14.0. The van der Waals surface area contributed by atoms with Gasteiger partial charge >= 0.3 is 0 Å². The Bertz CT molecular complexity index is 1160. The van der Waals surface area contributed by atoms with Gasteiger partial charge in [0.05, 0.1) is 30.4 Å². The lowest BCUT2D eigenvalue weighted by Gasteiger charge is -2.45. The van der Waals surface area contributed by atoms with E-state index in [9.17, 15) is 18.8 Å². The van der Waals surface area contributed by atoms with Crippen LogP contribution in [-0.4, -0.2) is 90.2 Å². The summed E-state index contributed by atoms with van der Waals surface area (Å²) in [6.45, 7) is 2.40. The molecule has 36 heavy (non-hydrogen) atoms. The second-order valence-electron chi connectivity index (χ2n) is 9.17. The van der Waals surface area contributed by atoms with Crippen LogP contribution in [0.4, 0.5) is 4.39 Å². The fraction of sp³-hybridized carbons (Fsp3) is 0.423. The summed E-state index contributed by atoms with van der Waals surface area (Å²) in [5.74, 6) is -1.41. The molecule has 3 aliphatic heterocycles. The molecule has 3 heterocycles. The molecule has 5 rings (SSSR count). The number of carbonyl (C=O) groups is 3. The number of halogens is 2. The van der Waals surface area contributed by atoms with Crippen molar-refractivity contribution in [2.24, 2.45) is 0 Å². The van der Waals surface area contributed by atoms with E-state index in [1.165, 1.54) is 29.2 Å². The smallest absolute Gasteiger partial charge is 0.256 e. The van der Waals surface area contributed by atoms with Crippen LogP contribution < -0.4 is 0 Å². The molecule has 0 aliphatic carbocycles. The summed E-state index contributed by atoms with van der Waals surface area (Å²) >= 11 is 6.23. The van der Waals surface area contributed by atoms with Crippen molar-refractivity contribution < 1.29 is 28.2 Å². The van der Waals surface area contributed by atoms with Crippen molar-refractivity contribution in [3.63, 3.8) is 0 Å². The lowest BCUT2D eigenvalue weighted by molar-refractivity contribution is -0.141. The molecule has 1 spiro atoms. The molecule has 0 saturated carbocycles. The van der Waals surface area contributed by atoms with Crippen molar-refractivity contribution in [3.8, 4) is 0 Å². The average Bonchev–Trinajstić information content (AvgIpc) is 3.27. The zero-order valence-corrected chi connectivity index (χ0v) is 20.5. The first-order chi connectivity index (χ1) is 17.4. The summed E-state index contributed by atoms with van der Waals surface area (Å²) < 4.78 is 25.6. The molecule has 3 saturated heterocycles. The highest BCUT2D eigenvalue weighted by molar-refractivity contribution is 6.33. The van der Waals surface area contributed by atoms with E-state index in [2.05, 4.69) is 0 Å². The normalized spacial score (nSPS) is 21.6. The van der Waals surface area contributed by atoms with Crippen LogP contribution in [0.1, 0.15) is 33.6 Å². The second kappa shape index (κ2) is 10.2. The molecular weight excluding hydrogens is 489 g/mol. The highest BCUT2D eigenvalue weighted by atomic mass is 35.5. The lowest BCUT2D eigenvalue weighted by atomic mass is 9.96. The summed E-state index contributed by atoms with van der Waals surface area (Å²) in [4.78, 5) is 45.1. The molecule has 0 radical (unpaired) electrons. The number of nitrogens with zero attached hydrogens (tertiary/aromatic N) is 3. The Morgan fingerprint density at radius 1 is 0.917 bits per heavy atom. The molecular formula is C26H27ClFN3O5. The summed E-state index contributed by atoms with van der Waals surface area (Å²) in [6.07, 6.45) is 0.633. The van der Waals surface area contributed by atoms with E-state index in [0.29, 0.717) is 62.8 Å². The molecule has 0 bridgehead atoms. The highest BCUT2D eigenvalue weighted by Gasteiger charge is 2.55. The Labute approximate surface area is 213 Å². The predicted molar refractivity (Wildman–Crippen MR) is 129 cm³/mol. The number of rotatable bonds is 3. The van der Waals surface area contributed by atoms with E-state index in [0.717, 1.165) is 0 Å². The van der Waals surface area contributed by atoms with Gasteiger partial charge in [-0.25, -0.2) is 4.39 Å². The third-order valence-corrected chi connectivity index (χ3v) is 7.42. The number of likely N-dealkylation sites (tertiary alicyclic amines) is 1. The molecule has 3 aliphatic rings. The van der Waals surface area contributed by atoms with Gasteiger partial charge in [-0.3, -0.25) is 19.3 Å². The zero-order valence-electron chi connectivity index (χ0n) is 19.7. The number of ether oxygens (including phenoxy) is 2. The van der Waals surface area contributed by atoms with Crippen molar-refractivity contribution in [3.05, 3.63) is 70.5 Å². The van der Waals surface area contributed by atoms with E-state index in [1.54, 1.807) is 34.1 Å². The van der Waals surface area contributed by atoms with Crippen LogP contribution in [0.5, 0.6) is 0 Å². The minimum atomic E-state index is -1.08. The third kappa shape index (κ3) is 4.58. The Morgan fingerprint density at radius 3 is 2.33 bits per heavy atom. The predicted octanol–water partition coefficient (Wildman–Crippen LogP) is 2.81. The Kier molecular flexibility index (Phi) is 6.96. The van der Waals surface area contributed by atoms with E-state index >= 15 is 0 Å². The van der Waals surface area contributed by atoms with Crippen molar-refractivity contribution >= 4 is 29.3 Å². The van der Waals surface area contributed by atoms with Gasteiger partial charge in [-0.15, -0.1) is 0 Å². The molecule has 0 N–H and O–H groups in total. The minimum absolute atomic E-state index is 0.0374. The first kappa shape index (κ1) is 24.7. The molecule has 2 aromatic carbocycles. The lowest BCUT2D eigenvalue weighted by Crippen LogP contribution is -2.60. The van der Waals surface area contributed by atoms with Gasteiger partial charge in [0, 0.05) is 44.6 Å². The molecule has 8 nitrogen and oxygen atoms in total. The van der Waals surface area contributed by atoms with Crippen LogP contribution in [0, 0.1) is 5.82 Å². The number of amides is 3. The maximum absolute atomic E-state index is 14.0. The first-order valence-corrected chi connectivity index (χ1v) is 12.4. The summed E-state index contributed by atoms with van der Waals surface area (Å²) in [5.41, 5.74) is -0.516. The van der Waals surface area contributed by atoms with Crippen molar-refractivity contribution in [2.45, 2.75) is 24.6 Å². The van der Waals surface area contributed by atoms with Crippen molar-refractivity contribution in [1.82, 2.24) is 14.7 Å². The number of hydrogen-bond acceptors (Lipinski definition) is 5. The fourth-order valence-electron chi connectivity index (χ4n) is 5.17. The maximum Gasteiger partial charge on any atom is 0.256 e. The van der Waals surface area contributed by atoms with Gasteiger partial charge in [-0.2, -0.15) is 0 Å². The zero-order chi connectivity index (χ0) is 25.3. The van der Waals surface area contributed by atoms with Crippen LogP contribution in [-0.2, 0) is 14.3 Å². The highest BCUT2D eigenvalue weighted by Crippen LogP contribution is 2.39. The molecule has 3 amide bonds. The molecule has 0 aromatic heterocycles. The van der Waals surface area contributed by atoms with Crippen LogP contribution in [0.25, 0.3) is 0 Å². The molecule has 3 fully saturated rings. The van der Waals surface area contributed by atoms with Crippen LogP contribution >= 0.6 is 11.6 Å². The van der Waals surface area contributed by atoms with Gasteiger partial charge in [0.25, 0.3) is 11.8 Å². The van der Waals surface area contributed by atoms with Gasteiger partial charge in [0.1, 0.15) is 17.6 Å². The fourth-order valence-corrected chi connectivity index (χ4v) is 5.39. The van der Waals surface area contributed by atoms with Gasteiger partial charge < -0.3 is 19.3 Å². The van der Waals surface area contributed by atoms with E-state index in [-0.39, 0.29) is 24.0 Å². The largest absolute Gasteiger partial charge is 0.378 e. The first-order valence-electron chi connectivity index (χ1n) is 12.0. The standard InChI is InChI=1S/C26H27ClFN3O5/c27-21-7-2-1-6-20(21)24(33)29-10-8-26(9-11-29)31(23(32)18-4-3-5-19(28)16-18)22(17-36-26)25(34)30-12-14-35-15-13-30/h1-7,16,22H,8-15,17H2. The second-order valence-corrected chi connectivity index (χ2v) is 9.58. The Morgan fingerprint density at radius 2 is 1.64 bits per heavy atom. The van der Waals surface area contributed by atoms with Crippen molar-refractivity contribution in [2.75, 3.05) is 46.0 Å². The van der Waals surface area contributed by atoms with Crippen LogP contribution in [0.2, 0.25) is 5.02 Å². The third-order valence-electron chi connectivity index (χ3n) is 7.09. The number of hydrogen-bond donors (Lipinski definition) is 0. The topological polar surface area (TPSA) is 79.4 Å². The van der Waals surface area contributed by atoms with Gasteiger partial charge in [-0.1, -0.05) is 29.8 Å². The van der Waals surface area contributed by atoms with Crippen LogP contribution in [0.15, 0.2) is 48.5 Å². The molecule has 1 atom stereocenters. The molecule has 2 aromatic rings. The monoisotopic (exact) mass is 515 g/mol. The number of piperidine rings is 1. The molecule has 10 heteroatoms. The Balaban J connectivity index is 1.40. The SMILES string of the molecule is O=C(c1ccccc1Cl)N1CCC2(CC1)OCC(C(=O)N1CCOCC1)N2C(=O)c1cccc(F)c1. The summed E-state index contributed by atoms with van der Waals surface area (Å²) in [6, 6.07) is 11.5. The molecule has 1 unspecified atom stereocenters. The van der Waals surface area contributed by atoms with Gasteiger partial charge in [0.15, 0.2) is 0 Å². The summed E-state index contributed by atoms with van der Waals surface area (Å²) in [7, 11) is 0. The van der Waals surface area contributed by atoms with E-state index < -0.39 is 23.5 Å². The van der Waals surface area contributed by atoms with Gasteiger partial charge in [-0.05, 0) is 30.3 Å². The average molecular weight is 516 g/mol. The molecule has 190 valence electrons. The quantitative estimate of drug-likeness (QED) is 0.628. The number of morpholine rings is 1. The minimum Gasteiger partial charge on any atom is -0.378 e. The van der Waals surface area contributed by atoms with Gasteiger partial charge in [0.2, 0.25) is 5.91 Å². The number of carbonyl (C=O) groups excluding carboxylic acids is 3. The summed E-state index contributed by atoms with van der Waals surface area (Å²) in [5, 5.41) is 0.374.